The van der Waals surface area contributed by atoms with Gasteiger partial charge in [-0.3, -0.25) is 14.9 Å². The Morgan fingerprint density at radius 2 is 1.78 bits per heavy atom. The Kier molecular flexibility index (Phi) is 5.73. The molecule has 2 aromatic heterocycles. The van der Waals surface area contributed by atoms with Gasteiger partial charge < -0.3 is 13.7 Å². The number of carbonyl (C=O) groups excluding carboxylic acids is 4. The standard InChI is InChI=1S/C27H21N3O6/c1-16-7-3-5-9-21(16)30-25(32)20(24(31)28-27(30)34)13-17-14-29(22-10-6-4-8-19(17)22)15-18-11-12-23(36-18)26(33)35-2/h3-14H,15H2,1-2H3,(H,28,31,34)/b20-13+. The van der Waals surface area contributed by atoms with Gasteiger partial charge >= 0.3 is 12.0 Å². The molecule has 0 saturated carbocycles. The van der Waals surface area contributed by atoms with Crippen molar-refractivity contribution in [2.45, 2.75) is 13.5 Å². The topological polar surface area (TPSA) is 111 Å². The van der Waals surface area contributed by atoms with Crippen molar-refractivity contribution in [2.24, 2.45) is 0 Å². The van der Waals surface area contributed by atoms with Crippen molar-refractivity contribution in [3.63, 3.8) is 0 Å². The molecule has 0 aliphatic carbocycles. The van der Waals surface area contributed by atoms with E-state index in [0.717, 1.165) is 21.4 Å². The Morgan fingerprint density at radius 1 is 1.03 bits per heavy atom. The third-order valence-corrected chi connectivity index (χ3v) is 5.95. The van der Waals surface area contributed by atoms with E-state index in [2.05, 4.69) is 10.1 Å². The minimum Gasteiger partial charge on any atom is -0.463 e. The molecule has 9 nitrogen and oxygen atoms in total. The molecule has 0 radical (unpaired) electrons. The van der Waals surface area contributed by atoms with Gasteiger partial charge in [0.25, 0.3) is 11.8 Å². The smallest absolute Gasteiger partial charge is 0.373 e. The first-order chi connectivity index (χ1) is 17.4. The highest BCUT2D eigenvalue weighted by Crippen LogP contribution is 2.28. The van der Waals surface area contributed by atoms with Crippen LogP contribution in [-0.2, 0) is 20.9 Å². The van der Waals surface area contributed by atoms with Crippen LogP contribution in [0.15, 0.2) is 76.9 Å². The van der Waals surface area contributed by atoms with E-state index in [4.69, 9.17) is 4.42 Å². The predicted molar refractivity (Wildman–Crippen MR) is 131 cm³/mol. The molecule has 1 saturated heterocycles. The summed E-state index contributed by atoms with van der Waals surface area (Å²) in [5, 5.41) is 3.06. The van der Waals surface area contributed by atoms with Gasteiger partial charge in [0.15, 0.2) is 0 Å². The van der Waals surface area contributed by atoms with Gasteiger partial charge in [0, 0.05) is 22.7 Å². The van der Waals surface area contributed by atoms with E-state index in [9.17, 15) is 19.2 Å². The lowest BCUT2D eigenvalue weighted by Crippen LogP contribution is -2.54. The van der Waals surface area contributed by atoms with Crippen molar-refractivity contribution >= 4 is 46.5 Å². The number of imide groups is 2. The predicted octanol–water partition coefficient (Wildman–Crippen LogP) is 4.04. The number of benzene rings is 2. The number of amides is 4. The maximum absolute atomic E-state index is 13.3. The third kappa shape index (κ3) is 3.96. The molecular formula is C27H21N3O6. The molecule has 180 valence electrons. The van der Waals surface area contributed by atoms with Crippen molar-refractivity contribution in [3.05, 3.63) is 95.1 Å². The quantitative estimate of drug-likeness (QED) is 0.261. The lowest BCUT2D eigenvalue weighted by molar-refractivity contribution is -0.122. The van der Waals surface area contributed by atoms with Crippen LogP contribution in [0.5, 0.6) is 0 Å². The number of anilines is 1. The molecular weight excluding hydrogens is 462 g/mol. The summed E-state index contributed by atoms with van der Waals surface area (Å²) in [5.41, 5.74) is 2.40. The number of furan rings is 1. The van der Waals surface area contributed by atoms with Gasteiger partial charge in [0.05, 0.1) is 19.3 Å². The second-order valence-corrected chi connectivity index (χ2v) is 8.23. The first kappa shape index (κ1) is 22.9. The summed E-state index contributed by atoms with van der Waals surface area (Å²) >= 11 is 0. The summed E-state index contributed by atoms with van der Waals surface area (Å²) in [6, 6.07) is 16.9. The number of rotatable bonds is 5. The zero-order chi connectivity index (χ0) is 25.4. The van der Waals surface area contributed by atoms with Crippen LogP contribution in [0.2, 0.25) is 0 Å². The van der Waals surface area contributed by atoms with E-state index in [1.807, 2.05) is 28.8 Å². The van der Waals surface area contributed by atoms with Crippen LogP contribution in [0, 0.1) is 6.92 Å². The summed E-state index contributed by atoms with van der Waals surface area (Å²) in [7, 11) is 1.28. The van der Waals surface area contributed by atoms with Crippen molar-refractivity contribution in [2.75, 3.05) is 12.0 Å². The molecule has 0 unspecified atom stereocenters. The molecule has 5 rings (SSSR count). The fraction of sp³-hybridized carbons (Fsp3) is 0.111. The number of methoxy groups -OCH3 is 1. The number of carbonyl (C=O) groups is 4. The molecule has 2 aromatic carbocycles. The molecule has 0 spiro atoms. The van der Waals surface area contributed by atoms with Crippen LogP contribution in [-0.4, -0.2) is 35.5 Å². The number of nitrogens with one attached hydrogen (secondary N) is 1. The van der Waals surface area contributed by atoms with Gasteiger partial charge in [-0.2, -0.15) is 0 Å². The molecule has 9 heteroatoms. The lowest BCUT2D eigenvalue weighted by atomic mass is 10.1. The Bertz CT molecular complexity index is 1580. The van der Waals surface area contributed by atoms with Gasteiger partial charge in [-0.1, -0.05) is 36.4 Å². The molecule has 4 amide bonds. The van der Waals surface area contributed by atoms with E-state index in [0.29, 0.717) is 23.6 Å². The van der Waals surface area contributed by atoms with Crippen LogP contribution >= 0.6 is 0 Å². The Labute approximate surface area is 205 Å². The van der Waals surface area contributed by atoms with E-state index < -0.39 is 23.8 Å². The van der Waals surface area contributed by atoms with Gasteiger partial charge in [0.1, 0.15) is 11.3 Å². The largest absolute Gasteiger partial charge is 0.463 e. The Balaban J connectivity index is 1.54. The molecule has 1 aliphatic heterocycles. The number of barbiturate groups is 1. The second-order valence-electron chi connectivity index (χ2n) is 8.23. The van der Waals surface area contributed by atoms with Gasteiger partial charge in [-0.25, -0.2) is 14.5 Å². The number of hydrogen-bond acceptors (Lipinski definition) is 6. The molecule has 4 aromatic rings. The number of ether oxygens (including phenoxy) is 1. The minimum atomic E-state index is -0.793. The molecule has 36 heavy (non-hydrogen) atoms. The van der Waals surface area contributed by atoms with Gasteiger partial charge in [-0.15, -0.1) is 0 Å². The van der Waals surface area contributed by atoms with Gasteiger partial charge in [-0.05, 0) is 42.8 Å². The van der Waals surface area contributed by atoms with E-state index in [1.165, 1.54) is 19.3 Å². The molecule has 0 atom stereocenters. The summed E-state index contributed by atoms with van der Waals surface area (Å²) in [5.74, 6) is -1.42. The lowest BCUT2D eigenvalue weighted by Gasteiger charge is -2.27. The zero-order valence-electron chi connectivity index (χ0n) is 19.5. The summed E-state index contributed by atoms with van der Waals surface area (Å²) in [4.78, 5) is 51.3. The number of aryl methyl sites for hydroxylation is 1. The first-order valence-electron chi connectivity index (χ1n) is 11.1. The Morgan fingerprint density at radius 3 is 2.56 bits per heavy atom. The number of fused-ring (bicyclic) bond motifs is 1. The number of urea groups is 1. The highest BCUT2D eigenvalue weighted by atomic mass is 16.5. The molecule has 1 N–H and O–H groups in total. The van der Waals surface area contributed by atoms with Crippen LogP contribution < -0.4 is 10.2 Å². The summed E-state index contributed by atoms with van der Waals surface area (Å²) in [6.07, 6.45) is 3.27. The average molecular weight is 483 g/mol. The number of nitrogens with zero attached hydrogens (tertiary/aromatic N) is 2. The third-order valence-electron chi connectivity index (χ3n) is 5.95. The molecule has 1 fully saturated rings. The van der Waals surface area contributed by atoms with Crippen molar-refractivity contribution in [1.82, 2.24) is 9.88 Å². The van der Waals surface area contributed by atoms with Crippen LogP contribution in [0.1, 0.15) is 27.4 Å². The summed E-state index contributed by atoms with van der Waals surface area (Å²) < 4.78 is 12.2. The van der Waals surface area contributed by atoms with Crippen molar-refractivity contribution in [1.29, 1.82) is 0 Å². The number of hydrogen-bond donors (Lipinski definition) is 1. The molecule has 3 heterocycles. The monoisotopic (exact) mass is 483 g/mol. The second kappa shape index (κ2) is 9.03. The maximum atomic E-state index is 13.3. The van der Waals surface area contributed by atoms with E-state index in [-0.39, 0.29) is 11.3 Å². The highest BCUT2D eigenvalue weighted by Gasteiger charge is 2.37. The minimum absolute atomic E-state index is 0.0942. The zero-order valence-corrected chi connectivity index (χ0v) is 19.5. The van der Waals surface area contributed by atoms with Crippen LogP contribution in [0.3, 0.4) is 0 Å². The van der Waals surface area contributed by atoms with E-state index >= 15 is 0 Å². The average Bonchev–Trinajstić information content (AvgIpc) is 3.47. The molecule has 0 bridgehead atoms. The van der Waals surface area contributed by atoms with Crippen LogP contribution in [0.4, 0.5) is 10.5 Å². The SMILES string of the molecule is COC(=O)c1ccc(Cn2cc(/C=C3\C(=O)NC(=O)N(c4ccccc4C)C3=O)c3ccccc32)o1. The molecule has 1 aliphatic rings. The van der Waals surface area contributed by atoms with Crippen molar-refractivity contribution in [3.8, 4) is 0 Å². The number of aromatic nitrogens is 1. The maximum Gasteiger partial charge on any atom is 0.373 e. The fourth-order valence-corrected chi connectivity index (χ4v) is 4.21. The normalized spacial score (nSPS) is 15.0. The Hall–Kier alpha value is -4.92. The highest BCUT2D eigenvalue weighted by molar-refractivity contribution is 6.39. The van der Waals surface area contributed by atoms with Crippen molar-refractivity contribution < 1.29 is 28.3 Å². The first-order valence-corrected chi connectivity index (χ1v) is 11.1. The van der Waals surface area contributed by atoms with Gasteiger partial charge in [0.2, 0.25) is 5.76 Å². The number of para-hydroxylation sites is 2. The fourth-order valence-electron chi connectivity index (χ4n) is 4.21. The van der Waals surface area contributed by atoms with E-state index in [1.54, 1.807) is 43.5 Å². The summed E-state index contributed by atoms with van der Waals surface area (Å²) in [6.45, 7) is 2.08. The van der Waals surface area contributed by atoms with Crippen LogP contribution in [0.25, 0.3) is 17.0 Å². The number of esters is 1.